The Bertz CT molecular complexity index is 374. The Morgan fingerprint density at radius 3 is 2.93 bits per heavy atom. The Morgan fingerprint density at radius 2 is 2.40 bits per heavy atom. The summed E-state index contributed by atoms with van der Waals surface area (Å²) >= 11 is 0. The number of carbonyl (C=O) groups excluding carboxylic acids is 1. The van der Waals surface area contributed by atoms with Crippen LogP contribution < -0.4 is 10.5 Å². The van der Waals surface area contributed by atoms with Crippen LogP contribution in [0, 0.1) is 0 Å². The Kier molecular flexibility index (Phi) is 3.40. The van der Waals surface area contributed by atoms with Gasteiger partial charge in [-0.2, -0.15) is 0 Å². The van der Waals surface area contributed by atoms with E-state index in [2.05, 4.69) is 14.7 Å². The van der Waals surface area contributed by atoms with E-state index in [0.717, 1.165) is 0 Å². The first kappa shape index (κ1) is 11.2. The Balaban J connectivity index is 2.60. The van der Waals surface area contributed by atoms with Gasteiger partial charge < -0.3 is 20.6 Å². The summed E-state index contributed by atoms with van der Waals surface area (Å²) in [5, 5.41) is 8.55. The van der Waals surface area contributed by atoms with Crippen LogP contribution in [0.3, 0.4) is 0 Å². The number of hydrogen-bond acceptors (Lipinski definition) is 5. The Labute approximate surface area is 85.3 Å². The minimum Gasteiger partial charge on any atom is -0.480 e. The molecule has 0 fully saturated rings. The highest BCUT2D eigenvalue weighted by Crippen LogP contribution is 2.06. The zero-order valence-electron chi connectivity index (χ0n) is 8.06. The third kappa shape index (κ3) is 3.39. The largest absolute Gasteiger partial charge is 0.480 e. The van der Waals surface area contributed by atoms with E-state index in [9.17, 15) is 9.59 Å². The van der Waals surface area contributed by atoms with Crippen molar-refractivity contribution in [1.29, 1.82) is 0 Å². The maximum Gasteiger partial charge on any atom is 0.320 e. The van der Waals surface area contributed by atoms with E-state index >= 15 is 0 Å². The molecule has 82 valence electrons. The number of aliphatic carboxylic acids is 1. The van der Waals surface area contributed by atoms with Gasteiger partial charge in [0.05, 0.1) is 6.20 Å². The highest BCUT2D eigenvalue weighted by atomic mass is 16.5. The van der Waals surface area contributed by atoms with E-state index in [0.29, 0.717) is 5.69 Å². The minimum absolute atomic E-state index is 0.0371. The zero-order chi connectivity index (χ0) is 11.4. The SMILES string of the molecule is CC(=O)Oc1ncc(CC(N)C(=O)O)[nH]1. The van der Waals surface area contributed by atoms with Crippen molar-refractivity contribution < 1.29 is 19.4 Å². The first-order valence-electron chi connectivity index (χ1n) is 4.19. The maximum absolute atomic E-state index is 10.6. The maximum atomic E-state index is 10.6. The Morgan fingerprint density at radius 1 is 1.73 bits per heavy atom. The zero-order valence-corrected chi connectivity index (χ0v) is 8.06. The number of aromatic amines is 1. The monoisotopic (exact) mass is 213 g/mol. The molecule has 0 radical (unpaired) electrons. The van der Waals surface area contributed by atoms with Gasteiger partial charge in [0, 0.05) is 19.0 Å². The Hall–Kier alpha value is -1.89. The molecule has 1 heterocycles. The molecule has 0 bridgehead atoms. The molecular formula is C8H11N3O4. The molecule has 1 aromatic rings. The molecule has 4 N–H and O–H groups in total. The van der Waals surface area contributed by atoms with Crippen molar-refractivity contribution in [3.05, 3.63) is 11.9 Å². The summed E-state index contributed by atoms with van der Waals surface area (Å²) in [7, 11) is 0. The molecule has 0 aromatic carbocycles. The van der Waals surface area contributed by atoms with Gasteiger partial charge in [0.2, 0.25) is 0 Å². The average molecular weight is 213 g/mol. The van der Waals surface area contributed by atoms with E-state index in [1.54, 1.807) is 0 Å². The highest BCUT2D eigenvalue weighted by Gasteiger charge is 2.14. The van der Waals surface area contributed by atoms with Crippen LogP contribution in [0.15, 0.2) is 6.20 Å². The summed E-state index contributed by atoms with van der Waals surface area (Å²) in [6.45, 7) is 1.24. The third-order valence-corrected chi connectivity index (χ3v) is 1.60. The fourth-order valence-electron chi connectivity index (χ4n) is 0.954. The summed E-state index contributed by atoms with van der Waals surface area (Å²) in [5.74, 6) is -1.60. The number of nitrogens with one attached hydrogen (secondary N) is 1. The number of rotatable bonds is 4. The number of carbonyl (C=O) groups is 2. The number of carboxylic acids is 1. The van der Waals surface area contributed by atoms with Crippen LogP contribution in [0.4, 0.5) is 0 Å². The summed E-state index contributed by atoms with van der Waals surface area (Å²) < 4.78 is 4.64. The molecule has 1 aromatic heterocycles. The van der Waals surface area contributed by atoms with E-state index < -0.39 is 18.0 Å². The van der Waals surface area contributed by atoms with Gasteiger partial charge in [-0.05, 0) is 0 Å². The lowest BCUT2D eigenvalue weighted by atomic mass is 10.2. The molecule has 1 rings (SSSR count). The van der Waals surface area contributed by atoms with Crippen LogP contribution in [-0.4, -0.2) is 33.1 Å². The molecular weight excluding hydrogens is 202 g/mol. The van der Waals surface area contributed by atoms with Gasteiger partial charge >= 0.3 is 17.9 Å². The van der Waals surface area contributed by atoms with Crippen molar-refractivity contribution in [3.8, 4) is 6.01 Å². The lowest BCUT2D eigenvalue weighted by Crippen LogP contribution is -2.32. The molecule has 0 aliphatic rings. The highest BCUT2D eigenvalue weighted by molar-refractivity contribution is 5.73. The quantitative estimate of drug-likeness (QED) is 0.568. The number of nitrogens with zero attached hydrogens (tertiary/aromatic N) is 1. The summed E-state index contributed by atoms with van der Waals surface area (Å²) in [6.07, 6.45) is 1.48. The second-order valence-corrected chi connectivity index (χ2v) is 2.96. The van der Waals surface area contributed by atoms with Crippen LogP contribution in [0.5, 0.6) is 6.01 Å². The number of aromatic nitrogens is 2. The normalized spacial score (nSPS) is 12.1. The first-order chi connectivity index (χ1) is 6.99. The standard InChI is InChI=1S/C8H11N3O4/c1-4(12)15-8-10-3-5(11-8)2-6(9)7(13)14/h3,6H,2,9H2,1H3,(H,10,11)(H,13,14). The van der Waals surface area contributed by atoms with Crippen molar-refractivity contribution in [2.45, 2.75) is 19.4 Å². The van der Waals surface area contributed by atoms with Crippen molar-refractivity contribution >= 4 is 11.9 Å². The van der Waals surface area contributed by atoms with Gasteiger partial charge in [-0.15, -0.1) is 0 Å². The molecule has 0 saturated heterocycles. The van der Waals surface area contributed by atoms with Crippen LogP contribution in [0.2, 0.25) is 0 Å². The van der Waals surface area contributed by atoms with Gasteiger partial charge in [0.25, 0.3) is 0 Å². The molecule has 15 heavy (non-hydrogen) atoms. The van der Waals surface area contributed by atoms with Crippen LogP contribution >= 0.6 is 0 Å². The number of ether oxygens (including phenoxy) is 1. The number of nitrogens with two attached hydrogens (primary N) is 1. The van der Waals surface area contributed by atoms with Crippen molar-refractivity contribution in [1.82, 2.24) is 9.97 Å². The van der Waals surface area contributed by atoms with Crippen molar-refractivity contribution in [2.24, 2.45) is 5.73 Å². The van der Waals surface area contributed by atoms with Crippen LogP contribution in [-0.2, 0) is 16.0 Å². The van der Waals surface area contributed by atoms with Gasteiger partial charge in [-0.25, -0.2) is 4.98 Å². The van der Waals surface area contributed by atoms with Crippen molar-refractivity contribution in [3.63, 3.8) is 0 Å². The number of carboxylic acid groups (broad SMARTS) is 1. The number of imidazole rings is 1. The summed E-state index contributed by atoms with van der Waals surface area (Å²) in [5.41, 5.74) is 5.81. The lowest BCUT2D eigenvalue weighted by molar-refractivity contribution is -0.138. The summed E-state index contributed by atoms with van der Waals surface area (Å²) in [4.78, 5) is 27.3. The molecule has 0 amide bonds. The van der Waals surface area contributed by atoms with E-state index in [1.165, 1.54) is 13.1 Å². The van der Waals surface area contributed by atoms with Crippen molar-refractivity contribution in [2.75, 3.05) is 0 Å². The predicted molar refractivity (Wildman–Crippen MR) is 49.2 cm³/mol. The number of H-pyrrole nitrogens is 1. The van der Waals surface area contributed by atoms with E-state index in [4.69, 9.17) is 10.8 Å². The van der Waals surface area contributed by atoms with Gasteiger partial charge in [-0.3, -0.25) is 9.59 Å². The molecule has 7 heteroatoms. The van der Waals surface area contributed by atoms with E-state index in [-0.39, 0.29) is 12.4 Å². The third-order valence-electron chi connectivity index (χ3n) is 1.60. The topological polar surface area (TPSA) is 118 Å². The van der Waals surface area contributed by atoms with Crippen LogP contribution in [0.1, 0.15) is 12.6 Å². The van der Waals surface area contributed by atoms with E-state index in [1.807, 2.05) is 0 Å². The molecule has 1 unspecified atom stereocenters. The second-order valence-electron chi connectivity index (χ2n) is 2.96. The predicted octanol–water partition coefficient (Wildman–Crippen LogP) is -0.711. The summed E-state index contributed by atoms with van der Waals surface area (Å²) in [6, 6.07) is -0.967. The van der Waals surface area contributed by atoms with Gasteiger partial charge in [0.15, 0.2) is 0 Å². The van der Waals surface area contributed by atoms with Gasteiger partial charge in [-0.1, -0.05) is 0 Å². The number of hydrogen-bond donors (Lipinski definition) is 3. The number of esters is 1. The molecule has 7 nitrogen and oxygen atoms in total. The molecule has 0 saturated carbocycles. The van der Waals surface area contributed by atoms with Gasteiger partial charge in [0.1, 0.15) is 6.04 Å². The first-order valence-corrected chi connectivity index (χ1v) is 4.19. The fourth-order valence-corrected chi connectivity index (χ4v) is 0.954. The fraction of sp³-hybridized carbons (Fsp3) is 0.375. The average Bonchev–Trinajstić information content (AvgIpc) is 2.51. The smallest absolute Gasteiger partial charge is 0.320 e. The molecule has 1 atom stereocenters. The lowest BCUT2D eigenvalue weighted by Gasteiger charge is -2.02. The van der Waals surface area contributed by atoms with Crippen LogP contribution in [0.25, 0.3) is 0 Å². The molecule has 0 spiro atoms. The molecule has 0 aliphatic heterocycles. The minimum atomic E-state index is -1.10. The second kappa shape index (κ2) is 4.56. The molecule has 0 aliphatic carbocycles.